The van der Waals surface area contributed by atoms with Gasteiger partial charge in [-0.05, 0) is 42.3 Å². The van der Waals surface area contributed by atoms with E-state index in [1.54, 1.807) is 6.07 Å². The molecular weight excluding hydrogens is 295 g/mol. The van der Waals surface area contributed by atoms with Crippen molar-refractivity contribution in [1.29, 1.82) is 0 Å². The second-order valence-corrected chi connectivity index (χ2v) is 5.10. The first-order chi connectivity index (χ1) is 8.56. The molecule has 0 N–H and O–H groups in total. The number of carbonyl (C=O) groups excluding carboxylic acids is 1. The molecular formula is C15H12BrFO. The van der Waals surface area contributed by atoms with Crippen LogP contribution in [0.1, 0.15) is 21.5 Å². The average molecular weight is 307 g/mol. The Bertz CT molecular complexity index is 593. The minimum atomic E-state index is -0.377. The lowest BCUT2D eigenvalue weighted by atomic mass is 9.99. The zero-order chi connectivity index (χ0) is 13.1. The first kappa shape index (κ1) is 13.0. The number of ketones is 1. The summed E-state index contributed by atoms with van der Waals surface area (Å²) >= 11 is 3.36. The summed E-state index contributed by atoms with van der Waals surface area (Å²) in [7, 11) is 0. The molecule has 0 bridgehead atoms. The van der Waals surface area contributed by atoms with Crippen molar-refractivity contribution in [2.75, 3.05) is 0 Å². The Balaban J connectivity index is 2.24. The van der Waals surface area contributed by atoms with Crippen molar-refractivity contribution in [1.82, 2.24) is 0 Å². The van der Waals surface area contributed by atoms with E-state index in [-0.39, 0.29) is 18.0 Å². The smallest absolute Gasteiger partial charge is 0.167 e. The molecule has 18 heavy (non-hydrogen) atoms. The van der Waals surface area contributed by atoms with E-state index in [1.807, 2.05) is 31.2 Å². The highest BCUT2D eigenvalue weighted by molar-refractivity contribution is 9.10. The van der Waals surface area contributed by atoms with Gasteiger partial charge in [0.2, 0.25) is 0 Å². The van der Waals surface area contributed by atoms with Crippen molar-refractivity contribution in [3.8, 4) is 0 Å². The molecule has 0 unspecified atom stereocenters. The van der Waals surface area contributed by atoms with Crippen LogP contribution in [0.4, 0.5) is 4.39 Å². The lowest BCUT2D eigenvalue weighted by Crippen LogP contribution is -2.06. The molecule has 0 atom stereocenters. The minimum absolute atomic E-state index is 0.0647. The predicted molar refractivity (Wildman–Crippen MR) is 73.3 cm³/mol. The summed E-state index contributed by atoms with van der Waals surface area (Å²) in [5.41, 5.74) is 2.17. The number of carbonyl (C=O) groups is 1. The Kier molecular flexibility index (Phi) is 3.92. The Morgan fingerprint density at radius 2 is 2.00 bits per heavy atom. The van der Waals surface area contributed by atoms with E-state index in [1.165, 1.54) is 12.1 Å². The molecule has 0 radical (unpaired) electrons. The molecule has 0 saturated heterocycles. The summed E-state index contributed by atoms with van der Waals surface area (Å²) in [5, 5.41) is 0. The Labute approximate surface area is 114 Å². The van der Waals surface area contributed by atoms with Gasteiger partial charge in [-0.1, -0.05) is 34.1 Å². The molecule has 0 aliphatic carbocycles. The fraction of sp³-hybridized carbons (Fsp3) is 0.133. The van der Waals surface area contributed by atoms with Crippen LogP contribution in [0.15, 0.2) is 46.9 Å². The highest BCUT2D eigenvalue weighted by atomic mass is 79.9. The molecule has 0 spiro atoms. The van der Waals surface area contributed by atoms with Crippen LogP contribution in [0, 0.1) is 12.7 Å². The maximum Gasteiger partial charge on any atom is 0.167 e. The van der Waals surface area contributed by atoms with Gasteiger partial charge in [-0.15, -0.1) is 0 Å². The number of halogens is 2. The monoisotopic (exact) mass is 306 g/mol. The number of Topliss-reactive ketones (excluding diaryl/α,β-unsaturated/α-hetero) is 1. The highest BCUT2D eigenvalue weighted by Crippen LogP contribution is 2.16. The van der Waals surface area contributed by atoms with Crippen molar-refractivity contribution >= 4 is 21.7 Å². The summed E-state index contributed by atoms with van der Waals surface area (Å²) in [6, 6.07) is 11.9. The average Bonchev–Trinajstić information content (AvgIpc) is 2.32. The van der Waals surface area contributed by atoms with Gasteiger partial charge in [0.15, 0.2) is 5.78 Å². The number of benzene rings is 2. The third-order valence-electron chi connectivity index (χ3n) is 2.75. The van der Waals surface area contributed by atoms with Crippen LogP contribution >= 0.6 is 15.9 Å². The molecule has 0 amide bonds. The van der Waals surface area contributed by atoms with Gasteiger partial charge >= 0.3 is 0 Å². The van der Waals surface area contributed by atoms with E-state index >= 15 is 0 Å². The molecule has 2 rings (SSSR count). The third kappa shape index (κ3) is 3.05. The molecule has 0 fully saturated rings. The van der Waals surface area contributed by atoms with Crippen molar-refractivity contribution in [2.24, 2.45) is 0 Å². The van der Waals surface area contributed by atoms with E-state index in [9.17, 15) is 9.18 Å². The van der Waals surface area contributed by atoms with Gasteiger partial charge in [0.25, 0.3) is 0 Å². The molecule has 0 aliphatic rings. The largest absolute Gasteiger partial charge is 0.294 e. The lowest BCUT2D eigenvalue weighted by molar-refractivity contribution is 0.0992. The maximum absolute atomic E-state index is 13.2. The zero-order valence-corrected chi connectivity index (χ0v) is 11.5. The van der Waals surface area contributed by atoms with Crippen molar-refractivity contribution < 1.29 is 9.18 Å². The van der Waals surface area contributed by atoms with Gasteiger partial charge in [-0.2, -0.15) is 0 Å². The van der Waals surface area contributed by atoms with Crippen LogP contribution in [-0.4, -0.2) is 5.78 Å². The summed E-state index contributed by atoms with van der Waals surface area (Å²) in [6.45, 7) is 1.81. The van der Waals surface area contributed by atoms with Crippen LogP contribution in [0.5, 0.6) is 0 Å². The summed E-state index contributed by atoms with van der Waals surface area (Å²) in [5.74, 6) is -0.441. The van der Waals surface area contributed by atoms with E-state index in [2.05, 4.69) is 15.9 Å². The first-order valence-corrected chi connectivity index (χ1v) is 6.39. The Morgan fingerprint density at radius 3 is 2.72 bits per heavy atom. The van der Waals surface area contributed by atoms with Crippen LogP contribution in [0.3, 0.4) is 0 Å². The van der Waals surface area contributed by atoms with Crippen molar-refractivity contribution in [3.63, 3.8) is 0 Å². The number of hydrogen-bond acceptors (Lipinski definition) is 1. The van der Waals surface area contributed by atoms with Crippen LogP contribution in [-0.2, 0) is 6.42 Å². The molecule has 92 valence electrons. The molecule has 0 saturated carbocycles. The zero-order valence-electron chi connectivity index (χ0n) is 9.91. The lowest BCUT2D eigenvalue weighted by Gasteiger charge is -2.05. The van der Waals surface area contributed by atoms with Gasteiger partial charge in [0.1, 0.15) is 5.82 Å². The topological polar surface area (TPSA) is 17.1 Å². The van der Waals surface area contributed by atoms with Crippen LogP contribution in [0.25, 0.3) is 0 Å². The van der Waals surface area contributed by atoms with Gasteiger partial charge in [-0.3, -0.25) is 4.79 Å². The van der Waals surface area contributed by atoms with Crippen LogP contribution < -0.4 is 0 Å². The SMILES string of the molecule is Cc1ccc(F)cc1C(=O)Cc1cccc(Br)c1. The molecule has 2 aromatic rings. The second kappa shape index (κ2) is 5.44. The molecule has 0 heterocycles. The maximum atomic E-state index is 13.2. The summed E-state index contributed by atoms with van der Waals surface area (Å²) in [4.78, 5) is 12.1. The highest BCUT2D eigenvalue weighted by Gasteiger charge is 2.11. The second-order valence-electron chi connectivity index (χ2n) is 4.19. The van der Waals surface area contributed by atoms with E-state index < -0.39 is 0 Å². The summed E-state index contributed by atoms with van der Waals surface area (Å²) < 4.78 is 14.1. The standard InChI is InChI=1S/C15H12BrFO/c1-10-5-6-13(17)9-14(10)15(18)8-11-3-2-4-12(16)7-11/h2-7,9H,8H2,1H3. The molecule has 1 nitrogen and oxygen atoms in total. The molecule has 3 heteroatoms. The van der Waals surface area contributed by atoms with Crippen molar-refractivity contribution in [2.45, 2.75) is 13.3 Å². The quantitative estimate of drug-likeness (QED) is 0.772. The predicted octanol–water partition coefficient (Wildman–Crippen LogP) is 4.32. The first-order valence-electron chi connectivity index (χ1n) is 5.60. The van der Waals surface area contributed by atoms with Crippen molar-refractivity contribution in [3.05, 3.63) is 69.4 Å². The molecule has 2 aromatic carbocycles. The van der Waals surface area contributed by atoms with Gasteiger partial charge in [-0.25, -0.2) is 4.39 Å². The Morgan fingerprint density at radius 1 is 1.22 bits per heavy atom. The van der Waals surface area contributed by atoms with E-state index in [4.69, 9.17) is 0 Å². The minimum Gasteiger partial charge on any atom is -0.294 e. The normalized spacial score (nSPS) is 10.4. The summed E-state index contributed by atoms with van der Waals surface area (Å²) in [6.07, 6.45) is 0.281. The number of rotatable bonds is 3. The van der Waals surface area contributed by atoms with E-state index in [0.29, 0.717) is 5.56 Å². The number of hydrogen-bond donors (Lipinski definition) is 0. The fourth-order valence-corrected chi connectivity index (χ4v) is 2.27. The number of aryl methyl sites for hydroxylation is 1. The molecule has 0 aromatic heterocycles. The Hall–Kier alpha value is -1.48. The molecule has 0 aliphatic heterocycles. The van der Waals surface area contributed by atoms with Gasteiger partial charge in [0, 0.05) is 16.5 Å². The van der Waals surface area contributed by atoms with Gasteiger partial charge < -0.3 is 0 Å². The van der Waals surface area contributed by atoms with Gasteiger partial charge in [0.05, 0.1) is 0 Å². The van der Waals surface area contributed by atoms with Crippen LogP contribution in [0.2, 0.25) is 0 Å². The van der Waals surface area contributed by atoms with E-state index in [0.717, 1.165) is 15.6 Å². The fourth-order valence-electron chi connectivity index (χ4n) is 1.82. The third-order valence-corrected chi connectivity index (χ3v) is 3.25.